The van der Waals surface area contributed by atoms with Gasteiger partial charge < -0.3 is 21.1 Å². The van der Waals surface area contributed by atoms with Gasteiger partial charge in [0.15, 0.2) is 11.5 Å². The molecule has 3 heterocycles. The monoisotopic (exact) mass is 515 g/mol. The fourth-order valence-corrected chi connectivity index (χ4v) is 4.68. The lowest BCUT2D eigenvalue weighted by molar-refractivity contribution is -0.129. The molecule has 1 fully saturated rings. The molecule has 0 saturated carbocycles. The van der Waals surface area contributed by atoms with Crippen LogP contribution >= 0.6 is 0 Å². The Morgan fingerprint density at radius 2 is 1.84 bits per heavy atom. The average Bonchev–Trinajstić information content (AvgIpc) is 3.49. The van der Waals surface area contributed by atoms with Crippen molar-refractivity contribution < 1.29 is 13.9 Å². The van der Waals surface area contributed by atoms with Crippen LogP contribution in [0.4, 0.5) is 10.2 Å². The molecular weight excluding hydrogens is 485 g/mol. The maximum atomic E-state index is 14.7. The summed E-state index contributed by atoms with van der Waals surface area (Å²) in [5, 5.41) is 5.44. The Labute approximate surface area is 219 Å². The molecule has 196 valence electrons. The van der Waals surface area contributed by atoms with E-state index >= 15 is 0 Å². The first-order chi connectivity index (χ1) is 18.2. The third-order valence-corrected chi connectivity index (χ3v) is 6.39. The number of amides is 1. The topological polar surface area (TPSA) is 125 Å². The number of halogens is 1. The molecule has 0 bridgehead atoms. The van der Waals surface area contributed by atoms with Gasteiger partial charge in [0, 0.05) is 17.6 Å². The Bertz CT molecular complexity index is 1480. The van der Waals surface area contributed by atoms with Gasteiger partial charge in [-0.15, -0.1) is 0 Å². The summed E-state index contributed by atoms with van der Waals surface area (Å²) in [5.74, 6) is 0.221. The van der Waals surface area contributed by atoms with E-state index in [1.165, 1.54) is 6.33 Å². The van der Waals surface area contributed by atoms with Crippen molar-refractivity contribution in [1.29, 1.82) is 0 Å². The van der Waals surface area contributed by atoms with Gasteiger partial charge in [-0.2, -0.15) is 5.10 Å². The van der Waals surface area contributed by atoms with Crippen molar-refractivity contribution in [2.75, 3.05) is 12.3 Å². The number of nitrogens with two attached hydrogens (primary N) is 2. The van der Waals surface area contributed by atoms with Gasteiger partial charge in [0.1, 0.15) is 29.3 Å². The number of hydrogen-bond donors (Lipinski definition) is 2. The predicted octanol–water partition coefficient (Wildman–Crippen LogP) is 4.45. The van der Waals surface area contributed by atoms with Gasteiger partial charge in [-0.1, -0.05) is 18.2 Å². The van der Waals surface area contributed by atoms with E-state index in [0.717, 1.165) is 23.8 Å². The highest BCUT2D eigenvalue weighted by Crippen LogP contribution is 2.33. The molecule has 1 amide bonds. The fraction of sp³-hybridized carbons (Fsp3) is 0.286. The van der Waals surface area contributed by atoms with E-state index in [9.17, 15) is 9.18 Å². The van der Waals surface area contributed by atoms with E-state index in [4.69, 9.17) is 21.3 Å². The second-order valence-electron chi connectivity index (χ2n) is 10.0. The molecule has 1 aliphatic rings. The van der Waals surface area contributed by atoms with Crippen LogP contribution in [0.3, 0.4) is 0 Å². The number of carbonyl (C=O) groups excluding carboxylic acids is 1. The zero-order chi connectivity index (χ0) is 26.9. The molecule has 0 unspecified atom stereocenters. The van der Waals surface area contributed by atoms with Gasteiger partial charge >= 0.3 is 0 Å². The lowest BCUT2D eigenvalue weighted by Crippen LogP contribution is -2.39. The zero-order valence-corrected chi connectivity index (χ0v) is 21.3. The van der Waals surface area contributed by atoms with Crippen molar-refractivity contribution in [3.63, 3.8) is 0 Å². The molecule has 38 heavy (non-hydrogen) atoms. The Hall–Kier alpha value is -4.31. The number of nitrogens with zero attached hydrogens (tertiary/aromatic N) is 5. The third kappa shape index (κ3) is 5.35. The van der Waals surface area contributed by atoms with Gasteiger partial charge in [0.25, 0.3) is 5.91 Å². The summed E-state index contributed by atoms with van der Waals surface area (Å²) in [6.45, 7) is 4.08. The van der Waals surface area contributed by atoms with E-state index < -0.39 is 17.3 Å². The minimum absolute atomic E-state index is 0.253. The summed E-state index contributed by atoms with van der Waals surface area (Å²) >= 11 is 0. The standard InChI is InChI=1S/C28H30FN7O2/c1-28(2,31)15-22(29)27(37)35-14-6-7-19(35)16-36-26-23(25(30)32-17-33-26)24(34-36)18-10-12-21(13-11-18)38-20-8-4-3-5-9-20/h3-5,8-13,15,17,19H,6-7,14,16,31H2,1-2H3,(H2,30,32,33)/b22-15-/t19-/m1/s1. The second-order valence-corrected chi connectivity index (χ2v) is 10.0. The maximum Gasteiger partial charge on any atom is 0.282 e. The van der Waals surface area contributed by atoms with Crippen LogP contribution in [0.25, 0.3) is 22.3 Å². The number of aromatic nitrogens is 4. The van der Waals surface area contributed by atoms with Crippen molar-refractivity contribution in [2.24, 2.45) is 5.73 Å². The molecule has 0 radical (unpaired) electrons. The highest BCUT2D eigenvalue weighted by Gasteiger charge is 2.33. The minimum Gasteiger partial charge on any atom is -0.457 e. The second kappa shape index (κ2) is 10.2. The molecule has 1 saturated heterocycles. The molecule has 2 aromatic carbocycles. The number of para-hydroxylation sites is 1. The number of likely N-dealkylation sites (tertiary alicyclic amines) is 1. The van der Waals surface area contributed by atoms with Crippen LogP contribution < -0.4 is 16.2 Å². The number of carbonyl (C=O) groups is 1. The Morgan fingerprint density at radius 1 is 1.13 bits per heavy atom. The lowest BCUT2D eigenvalue weighted by Gasteiger charge is -2.25. The van der Waals surface area contributed by atoms with Gasteiger partial charge in [0.05, 0.1) is 18.0 Å². The Kier molecular flexibility index (Phi) is 6.81. The smallest absolute Gasteiger partial charge is 0.282 e. The number of anilines is 1. The molecule has 0 aliphatic carbocycles. The van der Waals surface area contributed by atoms with Crippen LogP contribution in [-0.2, 0) is 11.3 Å². The molecule has 2 aromatic heterocycles. The highest BCUT2D eigenvalue weighted by atomic mass is 19.1. The van der Waals surface area contributed by atoms with Gasteiger partial charge in [0.2, 0.25) is 0 Å². The van der Waals surface area contributed by atoms with Gasteiger partial charge in [-0.05, 0) is 69.2 Å². The van der Waals surface area contributed by atoms with Crippen LogP contribution in [0.2, 0.25) is 0 Å². The zero-order valence-electron chi connectivity index (χ0n) is 21.3. The average molecular weight is 516 g/mol. The highest BCUT2D eigenvalue weighted by molar-refractivity contribution is 5.98. The van der Waals surface area contributed by atoms with Crippen molar-refractivity contribution in [3.8, 4) is 22.8 Å². The van der Waals surface area contributed by atoms with Crippen LogP contribution in [-0.4, -0.2) is 48.7 Å². The molecule has 0 spiro atoms. The number of hydrogen-bond acceptors (Lipinski definition) is 7. The van der Waals surface area contributed by atoms with Gasteiger partial charge in [-0.25, -0.2) is 19.0 Å². The van der Waals surface area contributed by atoms with Crippen LogP contribution in [0.5, 0.6) is 11.5 Å². The number of rotatable bonds is 7. The first-order valence-electron chi connectivity index (χ1n) is 12.5. The van der Waals surface area contributed by atoms with Crippen molar-refractivity contribution >= 4 is 22.8 Å². The number of benzene rings is 2. The first-order valence-corrected chi connectivity index (χ1v) is 12.5. The molecular formula is C28H30FN7O2. The fourth-order valence-electron chi connectivity index (χ4n) is 4.68. The van der Waals surface area contributed by atoms with Crippen LogP contribution in [0.15, 0.2) is 72.8 Å². The Morgan fingerprint density at radius 3 is 2.55 bits per heavy atom. The summed E-state index contributed by atoms with van der Waals surface area (Å²) in [5.41, 5.74) is 13.2. The van der Waals surface area contributed by atoms with E-state index in [0.29, 0.717) is 47.8 Å². The number of ether oxygens (including phenoxy) is 1. The first kappa shape index (κ1) is 25.3. The molecule has 1 atom stereocenters. The predicted molar refractivity (Wildman–Crippen MR) is 144 cm³/mol. The van der Waals surface area contributed by atoms with Crippen LogP contribution in [0, 0.1) is 0 Å². The maximum absolute atomic E-state index is 14.7. The summed E-state index contributed by atoms with van der Waals surface area (Å²) in [7, 11) is 0. The molecule has 4 N–H and O–H groups in total. The molecule has 9 nitrogen and oxygen atoms in total. The van der Waals surface area contributed by atoms with E-state index in [1.54, 1.807) is 23.4 Å². The molecule has 10 heteroatoms. The SMILES string of the molecule is CC(C)(N)/C=C(\F)C(=O)N1CCC[C@@H]1Cn1nc(-c2ccc(Oc3ccccc3)cc2)c2c(N)ncnc21. The Balaban J connectivity index is 1.43. The lowest BCUT2D eigenvalue weighted by atomic mass is 10.1. The molecule has 5 rings (SSSR count). The number of nitrogen functional groups attached to an aromatic ring is 1. The molecule has 1 aliphatic heterocycles. The van der Waals surface area contributed by atoms with Gasteiger partial charge in [-0.3, -0.25) is 4.79 Å². The largest absolute Gasteiger partial charge is 0.457 e. The quantitative estimate of drug-likeness (QED) is 0.348. The summed E-state index contributed by atoms with van der Waals surface area (Å²) in [6, 6.07) is 16.8. The summed E-state index contributed by atoms with van der Waals surface area (Å²) in [4.78, 5) is 23.0. The van der Waals surface area contributed by atoms with Crippen LogP contribution in [0.1, 0.15) is 26.7 Å². The summed E-state index contributed by atoms with van der Waals surface area (Å²) < 4.78 is 22.3. The molecule has 4 aromatic rings. The van der Waals surface area contributed by atoms with Crippen molar-refractivity contribution in [3.05, 3.63) is 72.8 Å². The van der Waals surface area contributed by atoms with Crippen molar-refractivity contribution in [2.45, 2.75) is 44.8 Å². The van der Waals surface area contributed by atoms with E-state index in [2.05, 4.69) is 9.97 Å². The van der Waals surface area contributed by atoms with E-state index in [-0.39, 0.29) is 6.04 Å². The van der Waals surface area contributed by atoms with E-state index in [1.807, 2.05) is 54.6 Å². The van der Waals surface area contributed by atoms with Crippen molar-refractivity contribution in [1.82, 2.24) is 24.6 Å². The third-order valence-electron chi connectivity index (χ3n) is 6.39. The summed E-state index contributed by atoms with van der Waals surface area (Å²) in [6.07, 6.45) is 4.03. The number of fused-ring (bicyclic) bond motifs is 1. The normalized spacial score (nSPS) is 16.3. The minimum atomic E-state index is -0.932.